The van der Waals surface area contributed by atoms with Gasteiger partial charge in [-0.05, 0) is 23.6 Å². The first-order chi connectivity index (χ1) is 18.9. The number of aromatic nitrogens is 3. The third kappa shape index (κ3) is 4.95. The molecule has 8 nitrogen and oxygen atoms in total. The fourth-order valence-corrected chi connectivity index (χ4v) is 5.45. The molecule has 5 aromatic rings. The van der Waals surface area contributed by atoms with E-state index in [2.05, 4.69) is 14.3 Å². The summed E-state index contributed by atoms with van der Waals surface area (Å²) in [6.07, 6.45) is 1.57. The number of methoxy groups -OCH3 is 1. The zero-order valence-electron chi connectivity index (χ0n) is 20.6. The van der Waals surface area contributed by atoms with Crippen LogP contribution < -0.4 is 8.92 Å². The summed E-state index contributed by atoms with van der Waals surface area (Å²) >= 11 is 1.13. The van der Waals surface area contributed by atoms with E-state index in [1.54, 1.807) is 41.5 Å². The lowest BCUT2D eigenvalue weighted by Gasteiger charge is -2.18. The molecule has 0 saturated carbocycles. The smallest absolute Gasteiger partial charge is 0.490 e. The topological polar surface area (TPSA) is 92.5 Å². The van der Waals surface area contributed by atoms with Crippen molar-refractivity contribution in [2.45, 2.75) is 5.51 Å². The van der Waals surface area contributed by atoms with Crippen LogP contribution in [0.3, 0.4) is 0 Å². The van der Waals surface area contributed by atoms with E-state index in [4.69, 9.17) is 9.47 Å². The molecule has 0 aliphatic carbocycles. The molecule has 2 aromatic carbocycles. The molecule has 40 heavy (non-hydrogen) atoms. The molecule has 0 atom stereocenters. The van der Waals surface area contributed by atoms with Crippen molar-refractivity contribution < 1.29 is 44.0 Å². The molecule has 0 unspecified atom stereocenters. The van der Waals surface area contributed by atoms with Crippen LogP contribution in [0, 0.1) is 11.6 Å². The highest BCUT2D eigenvalue weighted by molar-refractivity contribution is 7.88. The Hall–Kier alpha value is -3.82. The van der Waals surface area contributed by atoms with Gasteiger partial charge in [0, 0.05) is 42.6 Å². The van der Waals surface area contributed by atoms with Gasteiger partial charge in [0.25, 0.3) is 0 Å². The van der Waals surface area contributed by atoms with Gasteiger partial charge in [0.15, 0.2) is 0 Å². The molecule has 0 aliphatic heterocycles. The number of nitrogens with zero attached hydrogens (tertiary/aromatic N) is 3. The average molecular weight is 600 g/mol. The van der Waals surface area contributed by atoms with Crippen molar-refractivity contribution in [1.82, 2.24) is 14.8 Å². The molecule has 0 saturated heterocycles. The summed E-state index contributed by atoms with van der Waals surface area (Å²) in [7, 11) is -3.16. The maximum atomic E-state index is 15.4. The molecule has 3 heterocycles. The molecule has 0 bridgehead atoms. The summed E-state index contributed by atoms with van der Waals surface area (Å²) in [5, 5.41) is 6.52. The van der Waals surface area contributed by atoms with Gasteiger partial charge in [0.1, 0.15) is 24.0 Å². The fraction of sp³-hybridized carbons (Fsp3) is 0.200. The lowest BCUT2D eigenvalue weighted by molar-refractivity contribution is -0.0501. The van der Waals surface area contributed by atoms with E-state index >= 15 is 4.39 Å². The fourth-order valence-electron chi connectivity index (χ4n) is 4.11. The van der Waals surface area contributed by atoms with Crippen molar-refractivity contribution in [1.29, 1.82) is 0 Å². The van der Waals surface area contributed by atoms with Gasteiger partial charge in [-0.25, -0.2) is 13.8 Å². The Morgan fingerprint density at radius 1 is 1.05 bits per heavy atom. The number of halogens is 5. The predicted molar refractivity (Wildman–Crippen MR) is 138 cm³/mol. The second-order valence-corrected chi connectivity index (χ2v) is 10.9. The number of rotatable bonds is 8. The quantitative estimate of drug-likeness (QED) is 0.0928. The predicted octanol–water partition coefficient (Wildman–Crippen LogP) is 6.05. The van der Waals surface area contributed by atoms with E-state index in [1.165, 1.54) is 13.2 Å². The van der Waals surface area contributed by atoms with Crippen LogP contribution in [0.5, 0.6) is 11.6 Å². The van der Waals surface area contributed by atoms with Crippen molar-refractivity contribution in [3.05, 3.63) is 59.6 Å². The minimum absolute atomic E-state index is 0.0191. The van der Waals surface area contributed by atoms with Crippen molar-refractivity contribution in [2.24, 2.45) is 7.05 Å². The highest BCUT2D eigenvalue weighted by Crippen LogP contribution is 2.47. The summed E-state index contributed by atoms with van der Waals surface area (Å²) in [5.74, 6) is -3.75. The lowest BCUT2D eigenvalue weighted by atomic mass is 9.99. The van der Waals surface area contributed by atoms with Gasteiger partial charge in [-0.1, -0.05) is 6.07 Å². The number of aryl methyl sites for hydroxylation is 1. The summed E-state index contributed by atoms with van der Waals surface area (Å²) in [5.41, 5.74) is -5.56. The van der Waals surface area contributed by atoms with Gasteiger partial charge < -0.3 is 13.7 Å². The standard InChI is InChI=1S/C25H18F5N3O5S2/c1-33-18-4-3-13(9-14(18)12-31-33)22-23-16(5-8-39-23)20(24(32-22)38-40(34,35)25(28,29)30)21-17(27)10-15(26)11-19(21)37-7-6-36-2/h3-5,8-12H,6-7H2,1-2H3. The highest BCUT2D eigenvalue weighted by atomic mass is 32.2. The van der Waals surface area contributed by atoms with Crippen LogP contribution in [-0.2, 0) is 21.9 Å². The molecule has 15 heteroatoms. The van der Waals surface area contributed by atoms with Crippen LogP contribution in [-0.4, -0.2) is 49.0 Å². The minimum Gasteiger partial charge on any atom is -0.490 e. The van der Waals surface area contributed by atoms with E-state index in [-0.39, 0.29) is 24.3 Å². The van der Waals surface area contributed by atoms with E-state index in [0.29, 0.717) is 21.7 Å². The Morgan fingerprint density at radius 2 is 1.82 bits per heavy atom. The maximum absolute atomic E-state index is 15.4. The van der Waals surface area contributed by atoms with Gasteiger partial charge in [-0.3, -0.25) is 4.68 Å². The Balaban J connectivity index is 1.82. The van der Waals surface area contributed by atoms with Gasteiger partial charge in [0.05, 0.1) is 39.8 Å². The normalized spacial score (nSPS) is 12.4. The van der Waals surface area contributed by atoms with E-state index in [1.807, 2.05) is 0 Å². The van der Waals surface area contributed by atoms with Gasteiger partial charge in [-0.2, -0.15) is 26.7 Å². The number of hydrogen-bond acceptors (Lipinski definition) is 8. The largest absolute Gasteiger partial charge is 0.534 e. The summed E-state index contributed by atoms with van der Waals surface area (Å²) in [6.45, 7) is -0.155. The molecule has 0 aliphatic rings. The van der Waals surface area contributed by atoms with Crippen LogP contribution in [0.4, 0.5) is 22.0 Å². The first-order valence-electron chi connectivity index (χ1n) is 11.4. The van der Waals surface area contributed by atoms with Gasteiger partial charge in [0.2, 0.25) is 5.88 Å². The van der Waals surface area contributed by atoms with E-state index in [0.717, 1.165) is 22.9 Å². The minimum atomic E-state index is -6.25. The number of hydrogen-bond donors (Lipinski definition) is 0. The monoisotopic (exact) mass is 599 g/mol. The first-order valence-corrected chi connectivity index (χ1v) is 13.7. The number of fused-ring (bicyclic) bond motifs is 2. The van der Waals surface area contributed by atoms with Crippen molar-refractivity contribution in [3.63, 3.8) is 0 Å². The molecular formula is C25H18F5N3O5S2. The molecule has 0 spiro atoms. The van der Waals surface area contributed by atoms with Crippen molar-refractivity contribution in [3.8, 4) is 34.0 Å². The molecule has 0 N–H and O–H groups in total. The van der Waals surface area contributed by atoms with Crippen LogP contribution >= 0.6 is 11.3 Å². The van der Waals surface area contributed by atoms with Crippen LogP contribution in [0.25, 0.3) is 43.4 Å². The average Bonchev–Trinajstić information content (AvgIpc) is 3.50. The summed E-state index contributed by atoms with van der Waals surface area (Å²) in [6, 6.07) is 7.76. The van der Waals surface area contributed by atoms with E-state index in [9.17, 15) is 26.0 Å². The number of pyridine rings is 1. The molecule has 5 rings (SSSR count). The van der Waals surface area contributed by atoms with Gasteiger partial charge in [-0.15, -0.1) is 11.3 Å². The Labute approximate surface area is 227 Å². The van der Waals surface area contributed by atoms with Crippen molar-refractivity contribution >= 4 is 42.4 Å². The Kier molecular flexibility index (Phi) is 7.14. The Morgan fingerprint density at radius 3 is 2.55 bits per heavy atom. The first kappa shape index (κ1) is 27.7. The summed E-state index contributed by atoms with van der Waals surface area (Å²) in [4.78, 5) is 4.17. The zero-order chi connectivity index (χ0) is 28.8. The number of alkyl halides is 3. The zero-order valence-corrected chi connectivity index (χ0v) is 22.3. The number of thiophene rings is 1. The second kappa shape index (κ2) is 10.3. The van der Waals surface area contributed by atoms with Crippen molar-refractivity contribution in [2.75, 3.05) is 20.3 Å². The third-order valence-electron chi connectivity index (χ3n) is 5.88. The van der Waals surface area contributed by atoms with E-state index < -0.39 is 50.0 Å². The number of ether oxygens (including phenoxy) is 2. The van der Waals surface area contributed by atoms with Gasteiger partial charge >= 0.3 is 15.6 Å². The third-order valence-corrected chi connectivity index (χ3v) is 7.75. The Bertz CT molecular complexity index is 1850. The second-order valence-electron chi connectivity index (χ2n) is 8.43. The molecule has 3 aromatic heterocycles. The van der Waals surface area contributed by atoms with Crippen LogP contribution in [0.1, 0.15) is 0 Å². The highest BCUT2D eigenvalue weighted by Gasteiger charge is 2.49. The molecule has 0 amide bonds. The molecule has 0 fully saturated rings. The lowest BCUT2D eigenvalue weighted by Crippen LogP contribution is -2.28. The number of benzene rings is 2. The SMILES string of the molecule is COCCOc1cc(F)cc(F)c1-c1c(OS(=O)(=O)C(F)(F)F)nc(-c2ccc3c(cnn3C)c2)c2sccc12. The molecule has 210 valence electrons. The molecular weight excluding hydrogens is 581 g/mol. The van der Waals surface area contributed by atoms with Crippen LogP contribution in [0.15, 0.2) is 48.0 Å². The van der Waals surface area contributed by atoms with Crippen LogP contribution in [0.2, 0.25) is 0 Å². The summed E-state index contributed by atoms with van der Waals surface area (Å²) < 4.78 is 111. The molecule has 0 radical (unpaired) electrons. The maximum Gasteiger partial charge on any atom is 0.534 e.